The molecule has 12 rings (SSSR count). The van der Waals surface area contributed by atoms with Crippen molar-refractivity contribution < 1.29 is 31.2 Å². The van der Waals surface area contributed by atoms with Crippen molar-refractivity contribution >= 4 is 32.8 Å². The third-order valence-corrected chi connectivity index (χ3v) is 14.7. The van der Waals surface area contributed by atoms with E-state index < -0.39 is 85.0 Å². The van der Waals surface area contributed by atoms with E-state index in [9.17, 15) is 5.48 Å². The number of hydrogen-bond acceptors (Lipinski definition) is 2. The van der Waals surface area contributed by atoms with E-state index in [2.05, 4.69) is 97.5 Å². The Morgan fingerprint density at radius 3 is 1.81 bits per heavy atom. The van der Waals surface area contributed by atoms with Crippen molar-refractivity contribution in [3.8, 4) is 73.2 Å². The van der Waals surface area contributed by atoms with Gasteiger partial charge in [-0.25, -0.2) is 4.98 Å². The summed E-state index contributed by atoms with van der Waals surface area (Å²) in [5.74, 6) is 1.60. The molecule has 3 heterocycles. The number of rotatable bonds is 9. The molecule has 0 aliphatic heterocycles. The first-order valence-corrected chi connectivity index (χ1v) is 26.4. The van der Waals surface area contributed by atoms with Crippen LogP contribution in [0.4, 0.5) is 0 Å². The topological polar surface area (TPSA) is 35.9 Å². The zero-order valence-corrected chi connectivity index (χ0v) is 45.6. The van der Waals surface area contributed by atoms with Gasteiger partial charge in [-0.2, -0.15) is 0 Å². The molecule has 5 heteroatoms. The highest BCUT2D eigenvalue weighted by molar-refractivity contribution is 6.09. The highest BCUT2D eigenvalue weighted by atomic mass is 16.5. The van der Waals surface area contributed by atoms with Crippen LogP contribution in [0.2, 0.25) is 0 Å². The van der Waals surface area contributed by atoms with Gasteiger partial charge in [0.15, 0.2) is 0 Å². The van der Waals surface area contributed by atoms with Crippen LogP contribution < -0.4 is 9.30 Å². The zero-order valence-electron chi connectivity index (χ0n) is 61.6. The van der Waals surface area contributed by atoms with Crippen molar-refractivity contribution in [1.82, 2.24) is 14.1 Å². The molecule has 12 aromatic rings. The van der Waals surface area contributed by atoms with Gasteiger partial charge in [0, 0.05) is 31.3 Å². The Kier molecular flexibility index (Phi) is 8.82. The molecule has 0 saturated carbocycles. The minimum absolute atomic E-state index is 0.00758. The van der Waals surface area contributed by atoms with Gasteiger partial charge in [0.25, 0.3) is 6.33 Å². The molecule has 0 unspecified atom stereocenters. The largest absolute Gasteiger partial charge is 0.458 e. The molecule has 0 aliphatic rings. The van der Waals surface area contributed by atoms with Crippen LogP contribution in [-0.4, -0.2) is 14.1 Å². The van der Waals surface area contributed by atoms with Crippen molar-refractivity contribution in [3.63, 3.8) is 0 Å². The number of para-hydroxylation sites is 1. The number of benzene rings is 9. The van der Waals surface area contributed by atoms with E-state index in [4.69, 9.17) is 26.2 Å². The molecule has 5 nitrogen and oxygen atoms in total. The van der Waals surface area contributed by atoms with Gasteiger partial charge in [-0.05, 0) is 169 Å². The average Bonchev–Trinajstić information content (AvgIpc) is 1.72. The maximum atomic E-state index is 9.67. The minimum Gasteiger partial charge on any atom is -0.458 e. The van der Waals surface area contributed by atoms with Crippen molar-refractivity contribution in [3.05, 3.63) is 246 Å². The summed E-state index contributed by atoms with van der Waals surface area (Å²) in [6.45, 7) is 13.3. The van der Waals surface area contributed by atoms with E-state index in [1.54, 1.807) is 57.7 Å². The van der Waals surface area contributed by atoms with Gasteiger partial charge >= 0.3 is 0 Å². The van der Waals surface area contributed by atoms with Gasteiger partial charge in [-0.15, -0.1) is 0 Å². The molecule has 0 saturated heterocycles. The second kappa shape index (κ2) is 19.6. The molecule has 0 fully saturated rings. The SMILES string of the molecule is [2H]c1c([2H])c([2H])c(-c2cc(-c3cc(C(C)(C)C)cc(C(C)(C)C)c3)c(-[n+]3[c-]n(-c4cccc(Oc5ccc6c7ccccc7n(-c7cc(C(C)(C)C)ccn7)c6c5)c4)c4cc(-c5c(C([2H])([2H])[2H])cccc5C([2H])([2H])[2H])ccc43)c(-c3c([2H])c([2H])c([2H])c([2H])c3[2H])c2)c([2H])c1[2H]. The first-order chi connectivity index (χ1) is 44.4. The lowest BCUT2D eigenvalue weighted by Crippen LogP contribution is -2.31. The molecular weight excluding hydrogens is 961 g/mol. The van der Waals surface area contributed by atoms with Crippen LogP contribution in [0, 0.1) is 20.0 Å². The van der Waals surface area contributed by atoms with Gasteiger partial charge in [0.1, 0.15) is 17.3 Å². The van der Waals surface area contributed by atoms with E-state index in [1.807, 2.05) is 54.7 Å². The number of fused-ring (bicyclic) bond motifs is 4. The van der Waals surface area contributed by atoms with Crippen LogP contribution in [0.1, 0.15) is 112 Å². The number of imidazole rings is 1. The van der Waals surface area contributed by atoms with Crippen LogP contribution in [0.3, 0.4) is 0 Å². The number of nitrogens with zero attached hydrogens (tertiary/aromatic N) is 4. The van der Waals surface area contributed by atoms with Crippen molar-refractivity contribution in [2.45, 2.75) is 92.3 Å². The molecule has 0 spiro atoms. The van der Waals surface area contributed by atoms with Crippen LogP contribution >= 0.6 is 0 Å². The summed E-state index contributed by atoms with van der Waals surface area (Å²) in [4.78, 5) is 4.87. The summed E-state index contributed by atoms with van der Waals surface area (Å²) >= 11 is 0. The van der Waals surface area contributed by atoms with E-state index in [0.717, 1.165) is 44.3 Å². The quantitative estimate of drug-likeness (QED) is 0.107. The molecule has 0 N–H and O–H groups in total. The summed E-state index contributed by atoms with van der Waals surface area (Å²) in [5, 5.41) is 2.00. The molecular formula is C74H68N4O. The van der Waals surface area contributed by atoms with Gasteiger partial charge in [0.05, 0.1) is 47.1 Å². The van der Waals surface area contributed by atoms with Gasteiger partial charge in [-0.1, -0.05) is 196 Å². The lowest BCUT2D eigenvalue weighted by Gasteiger charge is -2.27. The summed E-state index contributed by atoms with van der Waals surface area (Å²) in [6.07, 6.45) is 5.41. The molecule has 79 heavy (non-hydrogen) atoms. The van der Waals surface area contributed by atoms with E-state index in [1.165, 1.54) is 24.3 Å². The van der Waals surface area contributed by atoms with Gasteiger partial charge < -0.3 is 4.74 Å². The second-order valence-electron chi connectivity index (χ2n) is 23.2. The second-order valence-corrected chi connectivity index (χ2v) is 23.2. The molecule has 0 aliphatic carbocycles. The van der Waals surface area contributed by atoms with Gasteiger partial charge in [-0.3, -0.25) is 13.7 Å². The van der Waals surface area contributed by atoms with E-state index >= 15 is 0 Å². The number of pyridine rings is 1. The predicted octanol–water partition coefficient (Wildman–Crippen LogP) is 19.2. The third-order valence-electron chi connectivity index (χ3n) is 14.7. The number of aryl methyl sites for hydroxylation is 2. The monoisotopic (exact) mass is 1040 g/mol. The third kappa shape index (κ3) is 9.62. The lowest BCUT2D eigenvalue weighted by atomic mass is 9.78. The Bertz CT molecular complexity index is 5030. The molecule has 0 atom stereocenters. The fraction of sp³-hybridized carbons (Fsp3) is 0.189. The first-order valence-electron chi connectivity index (χ1n) is 34.4. The minimum atomic E-state index is -2.78. The lowest BCUT2D eigenvalue weighted by molar-refractivity contribution is -0.571. The van der Waals surface area contributed by atoms with E-state index in [0.29, 0.717) is 39.3 Å². The van der Waals surface area contributed by atoms with E-state index in [-0.39, 0.29) is 55.6 Å². The molecule has 9 aromatic carbocycles. The molecule has 0 radical (unpaired) electrons. The van der Waals surface area contributed by atoms with Crippen molar-refractivity contribution in [2.24, 2.45) is 0 Å². The fourth-order valence-corrected chi connectivity index (χ4v) is 10.4. The molecule has 0 amide bonds. The number of ether oxygens (including phenoxy) is 1. The summed E-state index contributed by atoms with van der Waals surface area (Å²) < 4.78 is 156. The molecule has 3 aromatic heterocycles. The standard InChI is InChI=1S/C74H68N4O/c1-48-22-20-23-49(2)70(48)52-32-35-66-68(42-52)76(58-28-21-29-59(45-58)79-60-33-34-62-61-30-18-19-31-65(61)78(67(62)46-60)69-44-55(36-37-75-69)72(3,4)5)47-77(66)71-63(51-26-16-13-17-27-51)40-53(50-24-14-12-15-25-50)41-64(71)54-38-56(73(6,7)8)43-57(39-54)74(9,10)11/h12-46H,1-11H3/i1D3,2D3,12D,13D,14D,15D,16D,17D,24D,25D,26D,27D. The van der Waals surface area contributed by atoms with Gasteiger partial charge in [0.2, 0.25) is 0 Å². The number of aromatic nitrogens is 4. The Labute approximate surface area is 488 Å². The Balaban J connectivity index is 1.19. The highest BCUT2D eigenvalue weighted by Gasteiger charge is 2.27. The average molecular weight is 1050 g/mol. The smallest absolute Gasteiger partial charge is 0.269 e. The highest BCUT2D eigenvalue weighted by Crippen LogP contribution is 2.43. The molecule has 0 bridgehead atoms. The Morgan fingerprint density at radius 1 is 0.494 bits per heavy atom. The summed E-state index contributed by atoms with van der Waals surface area (Å²) in [6, 6.07) is 37.6. The molecule has 390 valence electrons. The Hall–Kier alpha value is -8.80. The fourth-order valence-electron chi connectivity index (χ4n) is 10.4. The Morgan fingerprint density at radius 2 is 1.13 bits per heavy atom. The predicted molar refractivity (Wildman–Crippen MR) is 330 cm³/mol. The maximum absolute atomic E-state index is 9.67. The summed E-state index contributed by atoms with van der Waals surface area (Å²) in [5.41, 5.74) is 5.14. The zero-order chi connectivity index (χ0) is 68.7. The number of hydrogen-bond donors (Lipinski definition) is 0. The van der Waals surface area contributed by atoms with Crippen LogP contribution in [-0.2, 0) is 16.2 Å². The maximum Gasteiger partial charge on any atom is 0.269 e. The van der Waals surface area contributed by atoms with Crippen molar-refractivity contribution in [1.29, 1.82) is 0 Å². The van der Waals surface area contributed by atoms with Crippen LogP contribution in [0.25, 0.3) is 94.5 Å². The van der Waals surface area contributed by atoms with Crippen molar-refractivity contribution in [2.75, 3.05) is 0 Å². The summed E-state index contributed by atoms with van der Waals surface area (Å²) in [7, 11) is 0. The van der Waals surface area contributed by atoms with Crippen LogP contribution in [0.5, 0.6) is 11.5 Å². The first kappa shape index (κ1) is 35.6. The van der Waals surface area contributed by atoms with Crippen LogP contribution in [0.15, 0.2) is 212 Å². The normalized spacial score (nSPS) is 15.5.